The first-order valence-corrected chi connectivity index (χ1v) is 6.64. The number of aromatic nitrogens is 1. The Labute approximate surface area is 101 Å². The molecule has 2 saturated heterocycles. The Morgan fingerprint density at radius 1 is 1.35 bits per heavy atom. The quantitative estimate of drug-likeness (QED) is 0.749. The third-order valence-corrected chi connectivity index (χ3v) is 4.20. The molecule has 4 rings (SSSR count). The van der Waals surface area contributed by atoms with E-state index in [2.05, 4.69) is 9.88 Å². The number of oxazole rings is 1. The average molecular weight is 234 g/mol. The van der Waals surface area contributed by atoms with Gasteiger partial charge in [-0.15, -0.1) is 0 Å². The van der Waals surface area contributed by atoms with Crippen LogP contribution >= 0.6 is 0 Å². The van der Waals surface area contributed by atoms with E-state index < -0.39 is 0 Å². The van der Waals surface area contributed by atoms with E-state index in [0.29, 0.717) is 5.92 Å². The predicted octanol–water partition coefficient (Wildman–Crippen LogP) is 1.92. The largest absolute Gasteiger partial charge is 0.444 e. The molecule has 0 aromatic carbocycles. The predicted molar refractivity (Wildman–Crippen MR) is 61.7 cm³/mol. The Morgan fingerprint density at radius 2 is 2.12 bits per heavy atom. The maximum absolute atomic E-state index is 5.79. The number of rotatable bonds is 3. The van der Waals surface area contributed by atoms with E-state index in [1.807, 2.05) is 6.20 Å². The van der Waals surface area contributed by atoms with E-state index in [9.17, 15) is 0 Å². The molecule has 1 aliphatic carbocycles. The maximum Gasteiger partial charge on any atom is 0.197 e. The highest BCUT2D eigenvalue weighted by atomic mass is 16.6. The summed E-state index contributed by atoms with van der Waals surface area (Å²) >= 11 is 0. The molecule has 1 aromatic heterocycles. The molecule has 1 spiro atoms. The van der Waals surface area contributed by atoms with Gasteiger partial charge in [0.1, 0.15) is 5.76 Å². The van der Waals surface area contributed by atoms with E-state index in [4.69, 9.17) is 9.15 Å². The van der Waals surface area contributed by atoms with Crippen LogP contribution in [0.15, 0.2) is 10.6 Å². The minimum absolute atomic E-state index is 0.275. The van der Waals surface area contributed by atoms with Crippen molar-refractivity contribution in [1.82, 2.24) is 9.88 Å². The number of epoxide rings is 1. The van der Waals surface area contributed by atoms with Gasteiger partial charge in [-0.3, -0.25) is 4.90 Å². The number of hydrogen-bond acceptors (Lipinski definition) is 4. The first-order valence-electron chi connectivity index (χ1n) is 6.64. The van der Waals surface area contributed by atoms with Crippen molar-refractivity contribution in [3.63, 3.8) is 0 Å². The molecule has 4 nitrogen and oxygen atoms in total. The Bertz CT molecular complexity index is 411. The van der Waals surface area contributed by atoms with Crippen LogP contribution in [0.2, 0.25) is 0 Å². The van der Waals surface area contributed by atoms with Gasteiger partial charge in [-0.2, -0.15) is 0 Å². The number of piperidine rings is 1. The second-order valence-corrected chi connectivity index (χ2v) is 5.69. The van der Waals surface area contributed by atoms with Gasteiger partial charge in [0.15, 0.2) is 5.89 Å². The standard InChI is InChI=1S/C13H18N2O2/c1-2-10(1)12-14-7-11(17-12)8-15-5-3-13(4-6-15)9-16-13/h7,10H,1-6,8-9H2. The molecule has 2 aliphatic heterocycles. The number of hydrogen-bond donors (Lipinski definition) is 0. The molecule has 0 atom stereocenters. The molecule has 0 N–H and O–H groups in total. The molecule has 3 aliphatic rings. The first kappa shape index (κ1) is 10.1. The summed E-state index contributed by atoms with van der Waals surface area (Å²) in [5.74, 6) is 2.60. The van der Waals surface area contributed by atoms with E-state index in [-0.39, 0.29) is 5.60 Å². The van der Waals surface area contributed by atoms with Gasteiger partial charge in [0.05, 0.1) is 24.9 Å². The summed E-state index contributed by atoms with van der Waals surface area (Å²) in [7, 11) is 0. The van der Waals surface area contributed by atoms with Crippen LogP contribution in [0, 0.1) is 0 Å². The van der Waals surface area contributed by atoms with Crippen LogP contribution in [0.1, 0.15) is 43.3 Å². The smallest absolute Gasteiger partial charge is 0.197 e. The second-order valence-electron chi connectivity index (χ2n) is 5.69. The van der Waals surface area contributed by atoms with Crippen LogP contribution in [0.5, 0.6) is 0 Å². The van der Waals surface area contributed by atoms with Crippen molar-refractivity contribution in [3.05, 3.63) is 17.8 Å². The van der Waals surface area contributed by atoms with E-state index in [1.54, 1.807) is 0 Å². The van der Waals surface area contributed by atoms with Gasteiger partial charge < -0.3 is 9.15 Å². The lowest BCUT2D eigenvalue weighted by molar-refractivity contribution is 0.134. The molecule has 92 valence electrons. The van der Waals surface area contributed by atoms with Crippen molar-refractivity contribution in [2.24, 2.45) is 0 Å². The summed E-state index contributed by atoms with van der Waals surface area (Å²) in [5.41, 5.74) is 0.275. The summed E-state index contributed by atoms with van der Waals surface area (Å²) in [6, 6.07) is 0. The lowest BCUT2D eigenvalue weighted by atomic mass is 9.98. The second kappa shape index (κ2) is 3.56. The minimum atomic E-state index is 0.275. The molecule has 1 saturated carbocycles. The fraction of sp³-hybridized carbons (Fsp3) is 0.769. The maximum atomic E-state index is 5.79. The summed E-state index contributed by atoms with van der Waals surface area (Å²) in [4.78, 5) is 6.82. The number of likely N-dealkylation sites (tertiary alicyclic amines) is 1. The van der Waals surface area contributed by atoms with Crippen molar-refractivity contribution in [3.8, 4) is 0 Å². The Kier molecular flexibility index (Phi) is 2.11. The van der Waals surface area contributed by atoms with Gasteiger partial charge in [0, 0.05) is 19.0 Å². The molecule has 0 amide bonds. The van der Waals surface area contributed by atoms with Crippen LogP contribution in [-0.4, -0.2) is 35.2 Å². The fourth-order valence-electron chi connectivity index (χ4n) is 2.64. The summed E-state index contributed by atoms with van der Waals surface area (Å²) in [6.45, 7) is 4.14. The lowest BCUT2D eigenvalue weighted by Crippen LogP contribution is -2.37. The lowest BCUT2D eigenvalue weighted by Gasteiger charge is -2.29. The highest BCUT2D eigenvalue weighted by Crippen LogP contribution is 2.40. The van der Waals surface area contributed by atoms with Crippen molar-refractivity contribution in [1.29, 1.82) is 0 Å². The van der Waals surface area contributed by atoms with Crippen molar-refractivity contribution in [2.75, 3.05) is 19.7 Å². The molecule has 0 unspecified atom stereocenters. The zero-order chi connectivity index (χ0) is 11.3. The van der Waals surface area contributed by atoms with E-state index in [1.165, 1.54) is 25.7 Å². The third-order valence-electron chi connectivity index (χ3n) is 4.20. The average Bonchev–Trinajstić information content (AvgIpc) is 3.26. The molecular weight excluding hydrogens is 216 g/mol. The molecule has 3 heterocycles. The zero-order valence-corrected chi connectivity index (χ0v) is 10.0. The van der Waals surface area contributed by atoms with Crippen LogP contribution in [0.4, 0.5) is 0 Å². The highest BCUT2D eigenvalue weighted by molar-refractivity contribution is 5.05. The fourth-order valence-corrected chi connectivity index (χ4v) is 2.64. The van der Waals surface area contributed by atoms with Crippen molar-refractivity contribution in [2.45, 2.75) is 43.7 Å². The molecule has 0 bridgehead atoms. The number of ether oxygens (including phenoxy) is 1. The minimum Gasteiger partial charge on any atom is -0.444 e. The van der Waals surface area contributed by atoms with Crippen molar-refractivity contribution >= 4 is 0 Å². The topological polar surface area (TPSA) is 41.8 Å². The molecule has 1 aromatic rings. The molecule has 17 heavy (non-hydrogen) atoms. The van der Waals surface area contributed by atoms with Gasteiger partial charge in [-0.05, 0) is 25.7 Å². The van der Waals surface area contributed by atoms with Crippen LogP contribution in [0.3, 0.4) is 0 Å². The summed E-state index contributed by atoms with van der Waals surface area (Å²) < 4.78 is 11.3. The molecule has 4 heteroatoms. The first-order chi connectivity index (χ1) is 8.33. The van der Waals surface area contributed by atoms with Crippen LogP contribution in [0.25, 0.3) is 0 Å². The van der Waals surface area contributed by atoms with Gasteiger partial charge in [0.2, 0.25) is 0 Å². The third kappa shape index (κ3) is 2.00. The summed E-state index contributed by atoms with van der Waals surface area (Å²) in [6.07, 6.45) is 6.77. The molecule has 3 fully saturated rings. The zero-order valence-electron chi connectivity index (χ0n) is 10.0. The normalized spacial score (nSPS) is 27.5. The van der Waals surface area contributed by atoms with E-state index >= 15 is 0 Å². The van der Waals surface area contributed by atoms with Gasteiger partial charge in [-0.1, -0.05) is 0 Å². The molecule has 0 radical (unpaired) electrons. The highest BCUT2D eigenvalue weighted by Gasteiger charge is 2.46. The van der Waals surface area contributed by atoms with E-state index in [0.717, 1.165) is 37.9 Å². The SMILES string of the molecule is c1nc(C2CC2)oc1CN1CCC2(CC1)CO2. The van der Waals surface area contributed by atoms with Crippen LogP contribution < -0.4 is 0 Å². The molecular formula is C13H18N2O2. The van der Waals surface area contributed by atoms with Crippen LogP contribution in [-0.2, 0) is 11.3 Å². The summed E-state index contributed by atoms with van der Waals surface area (Å²) in [5, 5.41) is 0. The number of nitrogens with zero attached hydrogens (tertiary/aromatic N) is 2. The van der Waals surface area contributed by atoms with Gasteiger partial charge in [-0.25, -0.2) is 4.98 Å². The Morgan fingerprint density at radius 3 is 2.76 bits per heavy atom. The Hall–Kier alpha value is -0.870. The Balaban J connectivity index is 1.36. The van der Waals surface area contributed by atoms with Gasteiger partial charge >= 0.3 is 0 Å². The monoisotopic (exact) mass is 234 g/mol. The van der Waals surface area contributed by atoms with Gasteiger partial charge in [0.25, 0.3) is 0 Å². The van der Waals surface area contributed by atoms with Crippen molar-refractivity contribution < 1.29 is 9.15 Å².